The highest BCUT2D eigenvalue weighted by molar-refractivity contribution is 5.95. The molecule has 2 aliphatic rings. The van der Waals surface area contributed by atoms with Gasteiger partial charge in [0.1, 0.15) is 0 Å². The van der Waals surface area contributed by atoms with E-state index in [-0.39, 0.29) is 11.9 Å². The van der Waals surface area contributed by atoms with Crippen LogP contribution in [0, 0.1) is 0 Å². The quantitative estimate of drug-likeness (QED) is 0.859. The maximum atomic E-state index is 13.3. The molecule has 0 radical (unpaired) electrons. The fraction of sp³-hybridized carbons (Fsp3) is 0.632. The van der Waals surface area contributed by atoms with Crippen molar-refractivity contribution in [2.45, 2.75) is 63.5 Å². The minimum atomic E-state index is 0.156. The van der Waals surface area contributed by atoms with E-state index in [1.807, 2.05) is 39.8 Å². The Balaban J connectivity index is 1.55. The van der Waals surface area contributed by atoms with Gasteiger partial charge in [-0.15, -0.1) is 0 Å². The number of aromatic nitrogens is 4. The molecule has 6 heteroatoms. The van der Waals surface area contributed by atoms with Crippen LogP contribution in [0.1, 0.15) is 66.9 Å². The van der Waals surface area contributed by atoms with Gasteiger partial charge in [-0.05, 0) is 31.7 Å². The van der Waals surface area contributed by atoms with Gasteiger partial charge < -0.3 is 4.90 Å². The van der Waals surface area contributed by atoms with Crippen molar-refractivity contribution in [3.63, 3.8) is 0 Å². The number of aryl methyl sites for hydroxylation is 1. The smallest absolute Gasteiger partial charge is 0.257 e. The Bertz CT molecular complexity index is 714. The molecule has 3 heterocycles. The van der Waals surface area contributed by atoms with Gasteiger partial charge in [-0.25, -0.2) is 0 Å². The van der Waals surface area contributed by atoms with Crippen molar-refractivity contribution in [1.82, 2.24) is 24.5 Å². The van der Waals surface area contributed by atoms with Crippen molar-refractivity contribution in [2.24, 2.45) is 7.05 Å². The molecule has 0 N–H and O–H groups in total. The Labute approximate surface area is 148 Å². The molecule has 1 amide bonds. The number of rotatable bonds is 4. The third-order valence-electron chi connectivity index (χ3n) is 5.67. The molecule has 2 fully saturated rings. The summed E-state index contributed by atoms with van der Waals surface area (Å²) in [6.07, 6.45) is 13.9. The number of carbonyl (C=O) groups excluding carboxylic acids is 1. The third kappa shape index (κ3) is 3.34. The van der Waals surface area contributed by atoms with Crippen LogP contribution in [0.15, 0.2) is 24.7 Å². The minimum Gasteiger partial charge on any atom is -0.334 e. The lowest BCUT2D eigenvalue weighted by Crippen LogP contribution is -2.38. The molecule has 0 unspecified atom stereocenters. The first-order valence-corrected chi connectivity index (χ1v) is 9.54. The summed E-state index contributed by atoms with van der Waals surface area (Å²) in [4.78, 5) is 15.4. The Morgan fingerprint density at radius 3 is 2.80 bits per heavy atom. The van der Waals surface area contributed by atoms with Gasteiger partial charge in [0.25, 0.3) is 5.91 Å². The molecule has 1 aliphatic carbocycles. The van der Waals surface area contributed by atoms with Crippen molar-refractivity contribution >= 4 is 5.91 Å². The Hall–Kier alpha value is -2.11. The molecule has 25 heavy (non-hydrogen) atoms. The van der Waals surface area contributed by atoms with Crippen LogP contribution in [0.2, 0.25) is 0 Å². The summed E-state index contributed by atoms with van der Waals surface area (Å²) in [6, 6.07) is 2.16. The molecule has 2 aromatic heterocycles. The van der Waals surface area contributed by atoms with E-state index in [1.165, 1.54) is 19.3 Å². The number of likely N-dealkylation sites (tertiary alicyclic amines) is 1. The van der Waals surface area contributed by atoms with E-state index in [2.05, 4.69) is 10.2 Å². The summed E-state index contributed by atoms with van der Waals surface area (Å²) in [7, 11) is 1.92. The number of nitrogens with zero attached hydrogens (tertiary/aromatic N) is 5. The van der Waals surface area contributed by atoms with Crippen LogP contribution in [-0.4, -0.2) is 43.0 Å². The zero-order valence-electron chi connectivity index (χ0n) is 15.0. The maximum Gasteiger partial charge on any atom is 0.257 e. The van der Waals surface area contributed by atoms with E-state index in [0.29, 0.717) is 5.92 Å². The first-order valence-electron chi connectivity index (χ1n) is 9.54. The minimum absolute atomic E-state index is 0.156. The Morgan fingerprint density at radius 1 is 1.20 bits per heavy atom. The molecule has 0 spiro atoms. The van der Waals surface area contributed by atoms with Crippen molar-refractivity contribution in [3.8, 4) is 0 Å². The van der Waals surface area contributed by atoms with Crippen LogP contribution in [-0.2, 0) is 13.6 Å². The van der Waals surface area contributed by atoms with E-state index < -0.39 is 0 Å². The van der Waals surface area contributed by atoms with E-state index in [9.17, 15) is 4.79 Å². The van der Waals surface area contributed by atoms with Gasteiger partial charge in [-0.3, -0.25) is 14.2 Å². The highest BCUT2D eigenvalue weighted by Gasteiger charge is 2.33. The molecule has 134 valence electrons. The fourth-order valence-electron chi connectivity index (χ4n) is 4.42. The molecule has 2 aromatic rings. The molecule has 1 saturated heterocycles. The second-order valence-corrected chi connectivity index (χ2v) is 7.46. The zero-order valence-corrected chi connectivity index (χ0v) is 15.0. The predicted molar refractivity (Wildman–Crippen MR) is 95.3 cm³/mol. The number of amides is 1. The third-order valence-corrected chi connectivity index (χ3v) is 5.67. The Kier molecular flexibility index (Phi) is 4.59. The maximum absolute atomic E-state index is 13.3. The summed E-state index contributed by atoms with van der Waals surface area (Å²) in [6.45, 7) is 1.61. The second-order valence-electron chi connectivity index (χ2n) is 7.46. The zero-order chi connectivity index (χ0) is 17.2. The van der Waals surface area contributed by atoms with Gasteiger partial charge >= 0.3 is 0 Å². The molecule has 0 bridgehead atoms. The van der Waals surface area contributed by atoms with E-state index in [0.717, 1.165) is 50.0 Å². The average Bonchev–Trinajstić information content (AvgIpc) is 3.36. The summed E-state index contributed by atoms with van der Waals surface area (Å²) in [5.74, 6) is 0.601. The number of hydrogen-bond acceptors (Lipinski definition) is 3. The first-order chi connectivity index (χ1) is 12.2. The topological polar surface area (TPSA) is 56.0 Å². The summed E-state index contributed by atoms with van der Waals surface area (Å²) in [5, 5.41) is 8.98. The monoisotopic (exact) mass is 341 g/mol. The van der Waals surface area contributed by atoms with Crippen LogP contribution < -0.4 is 0 Å². The van der Waals surface area contributed by atoms with Crippen LogP contribution >= 0.6 is 0 Å². The highest BCUT2D eigenvalue weighted by atomic mass is 16.2. The summed E-state index contributed by atoms with van der Waals surface area (Å²) < 4.78 is 3.75. The molecule has 1 atom stereocenters. The molecule has 0 aromatic carbocycles. The second kappa shape index (κ2) is 7.02. The molecule has 6 nitrogen and oxygen atoms in total. The lowest BCUT2D eigenvalue weighted by Gasteiger charge is -2.26. The predicted octanol–water partition coefficient (Wildman–Crippen LogP) is 2.97. The fourth-order valence-corrected chi connectivity index (χ4v) is 4.42. The molecular weight excluding hydrogens is 314 g/mol. The van der Waals surface area contributed by atoms with Crippen LogP contribution in [0.5, 0.6) is 0 Å². The normalized spacial score (nSPS) is 21.8. The summed E-state index contributed by atoms with van der Waals surface area (Å²) >= 11 is 0. The standard InChI is InChI=1S/C19H27N5O/c1-22-14-17(18(21-22)15-7-3-2-4-8-15)19(25)24-12-5-9-16(24)13-23-11-6-10-20-23/h6,10-11,14-16H,2-5,7-9,12-13H2,1H3/t16-/m0/s1. The number of hydrogen-bond donors (Lipinski definition) is 0. The van der Waals surface area contributed by atoms with Gasteiger partial charge in [0.05, 0.1) is 23.8 Å². The van der Waals surface area contributed by atoms with Crippen molar-refractivity contribution in [3.05, 3.63) is 35.9 Å². The molecular formula is C19H27N5O. The first kappa shape index (κ1) is 16.4. The van der Waals surface area contributed by atoms with E-state index in [1.54, 1.807) is 6.20 Å². The van der Waals surface area contributed by atoms with Gasteiger partial charge in [-0.2, -0.15) is 10.2 Å². The van der Waals surface area contributed by atoms with E-state index >= 15 is 0 Å². The van der Waals surface area contributed by atoms with Gasteiger partial charge in [0, 0.05) is 38.1 Å². The lowest BCUT2D eigenvalue weighted by atomic mass is 9.85. The summed E-state index contributed by atoms with van der Waals surface area (Å²) in [5.41, 5.74) is 1.85. The van der Waals surface area contributed by atoms with Crippen LogP contribution in [0.3, 0.4) is 0 Å². The largest absolute Gasteiger partial charge is 0.334 e. The molecule has 4 rings (SSSR count). The van der Waals surface area contributed by atoms with Crippen LogP contribution in [0.25, 0.3) is 0 Å². The SMILES string of the molecule is Cn1cc(C(=O)N2CCC[C@H]2Cn2cccn2)c(C2CCCCC2)n1. The van der Waals surface area contributed by atoms with Gasteiger partial charge in [0.2, 0.25) is 0 Å². The van der Waals surface area contributed by atoms with Crippen molar-refractivity contribution in [2.75, 3.05) is 6.54 Å². The highest BCUT2D eigenvalue weighted by Crippen LogP contribution is 2.34. The number of carbonyl (C=O) groups is 1. The van der Waals surface area contributed by atoms with Crippen molar-refractivity contribution in [1.29, 1.82) is 0 Å². The lowest BCUT2D eigenvalue weighted by molar-refractivity contribution is 0.0719. The van der Waals surface area contributed by atoms with Crippen molar-refractivity contribution < 1.29 is 4.79 Å². The Morgan fingerprint density at radius 2 is 2.04 bits per heavy atom. The molecule has 1 aliphatic heterocycles. The van der Waals surface area contributed by atoms with Gasteiger partial charge in [0.15, 0.2) is 0 Å². The van der Waals surface area contributed by atoms with Crippen LogP contribution in [0.4, 0.5) is 0 Å². The van der Waals surface area contributed by atoms with Gasteiger partial charge in [-0.1, -0.05) is 19.3 Å². The van der Waals surface area contributed by atoms with E-state index in [4.69, 9.17) is 0 Å². The average molecular weight is 341 g/mol. The molecule has 1 saturated carbocycles.